The van der Waals surface area contributed by atoms with Gasteiger partial charge < -0.3 is 9.30 Å². The van der Waals surface area contributed by atoms with Crippen LogP contribution in [0.5, 0.6) is 5.75 Å². The Morgan fingerprint density at radius 3 is 3.12 bits per heavy atom. The summed E-state index contributed by atoms with van der Waals surface area (Å²) >= 11 is 0. The van der Waals surface area contributed by atoms with Crippen LogP contribution in [0.25, 0.3) is 0 Å². The summed E-state index contributed by atoms with van der Waals surface area (Å²) < 4.78 is 35.7. The Balaban J connectivity index is 1.44. The summed E-state index contributed by atoms with van der Waals surface area (Å²) in [5.41, 5.74) is 0.963. The van der Waals surface area contributed by atoms with Gasteiger partial charge in [0.05, 0.1) is 4.90 Å². The van der Waals surface area contributed by atoms with Crippen LogP contribution in [0.4, 0.5) is 0 Å². The Morgan fingerprint density at radius 1 is 1.38 bits per heavy atom. The first-order chi connectivity index (χ1) is 11.5. The van der Waals surface area contributed by atoms with Crippen LogP contribution >= 0.6 is 0 Å². The van der Waals surface area contributed by atoms with Crippen molar-refractivity contribution in [3.63, 3.8) is 0 Å². The van der Waals surface area contributed by atoms with Crippen molar-refractivity contribution in [2.24, 2.45) is 5.92 Å². The molecule has 2 atom stereocenters. The van der Waals surface area contributed by atoms with Crippen LogP contribution in [0, 0.1) is 5.92 Å². The average Bonchev–Trinajstić information content (AvgIpc) is 3.16. The van der Waals surface area contributed by atoms with Gasteiger partial charge in [-0.3, -0.25) is 0 Å². The average molecular weight is 347 g/mol. The third kappa shape index (κ3) is 2.93. The molecule has 0 unspecified atom stereocenters. The molecule has 0 fully saturated rings. The summed E-state index contributed by atoms with van der Waals surface area (Å²) in [5, 5.41) is 0. The predicted octanol–water partition coefficient (Wildman–Crippen LogP) is 1.75. The van der Waals surface area contributed by atoms with Gasteiger partial charge in [0.25, 0.3) is 0 Å². The number of nitrogens with zero attached hydrogens (tertiary/aromatic N) is 2. The summed E-state index contributed by atoms with van der Waals surface area (Å²) in [6.07, 6.45) is 6.41. The number of hydrogen-bond acceptors (Lipinski definition) is 4. The van der Waals surface area contributed by atoms with E-state index in [4.69, 9.17) is 4.74 Å². The van der Waals surface area contributed by atoms with Crippen LogP contribution < -0.4 is 9.46 Å². The number of aryl methyl sites for hydroxylation is 1. The third-order valence-electron chi connectivity index (χ3n) is 4.79. The molecule has 7 heteroatoms. The van der Waals surface area contributed by atoms with Crippen LogP contribution in [0.15, 0.2) is 35.5 Å². The summed E-state index contributed by atoms with van der Waals surface area (Å²) in [6, 6.07) is 5.10. The Kier molecular flexibility index (Phi) is 3.85. The molecule has 24 heavy (non-hydrogen) atoms. The standard InChI is InChI=1S/C17H21N3O3S/c1-12-8-14-10-15(2-3-16(14)23-12)24(21,22)19-11-13-4-6-20-7-5-18-17(20)9-13/h2-3,5,7,10,12-13,19H,4,6,8-9,11H2,1H3/t12-,13+/m0/s1. The lowest BCUT2D eigenvalue weighted by Gasteiger charge is -2.23. The molecule has 128 valence electrons. The molecule has 2 aliphatic heterocycles. The zero-order valence-corrected chi connectivity index (χ0v) is 14.4. The van der Waals surface area contributed by atoms with E-state index in [9.17, 15) is 8.42 Å². The van der Waals surface area contributed by atoms with Gasteiger partial charge in [-0.1, -0.05) is 0 Å². The Labute approximate surface area is 141 Å². The maximum atomic E-state index is 12.6. The molecule has 1 aromatic heterocycles. The molecule has 0 saturated carbocycles. The second kappa shape index (κ2) is 5.89. The minimum absolute atomic E-state index is 0.108. The summed E-state index contributed by atoms with van der Waals surface area (Å²) in [4.78, 5) is 4.64. The van der Waals surface area contributed by atoms with E-state index in [0.29, 0.717) is 11.4 Å². The quantitative estimate of drug-likeness (QED) is 0.914. The number of sulfonamides is 1. The molecule has 1 N–H and O–H groups in total. The topological polar surface area (TPSA) is 73.2 Å². The highest BCUT2D eigenvalue weighted by atomic mass is 32.2. The third-order valence-corrected chi connectivity index (χ3v) is 6.21. The normalized spacial score (nSPS) is 22.7. The Bertz CT molecular complexity index is 860. The second-order valence-electron chi connectivity index (χ2n) is 6.65. The molecule has 0 amide bonds. The highest BCUT2D eigenvalue weighted by Gasteiger charge is 2.25. The fourth-order valence-electron chi connectivity index (χ4n) is 3.47. The van der Waals surface area contributed by atoms with Crippen molar-refractivity contribution in [3.05, 3.63) is 42.0 Å². The number of aromatic nitrogens is 2. The van der Waals surface area contributed by atoms with Crippen LogP contribution in [-0.2, 0) is 29.4 Å². The summed E-state index contributed by atoms with van der Waals surface area (Å²) in [6.45, 7) is 3.33. The maximum Gasteiger partial charge on any atom is 0.240 e. The van der Waals surface area contributed by atoms with Gasteiger partial charge in [0.2, 0.25) is 10.0 Å². The van der Waals surface area contributed by atoms with E-state index in [-0.39, 0.29) is 12.0 Å². The number of rotatable bonds is 4. The monoisotopic (exact) mass is 347 g/mol. The van der Waals surface area contributed by atoms with Crippen LogP contribution in [0.1, 0.15) is 24.7 Å². The number of ether oxygens (including phenoxy) is 1. The summed E-state index contributed by atoms with van der Waals surface area (Å²) in [7, 11) is -3.50. The molecule has 3 heterocycles. The van der Waals surface area contributed by atoms with Gasteiger partial charge in [-0.15, -0.1) is 0 Å². The predicted molar refractivity (Wildman–Crippen MR) is 89.5 cm³/mol. The molecule has 2 aliphatic rings. The first-order valence-electron chi connectivity index (χ1n) is 8.30. The smallest absolute Gasteiger partial charge is 0.240 e. The molecule has 6 nitrogen and oxygen atoms in total. The fraction of sp³-hybridized carbons (Fsp3) is 0.471. The SMILES string of the molecule is C[C@H]1Cc2cc(S(=O)(=O)NC[C@@H]3CCn4ccnc4C3)ccc2O1. The molecule has 1 aromatic carbocycles. The van der Waals surface area contributed by atoms with Gasteiger partial charge in [0, 0.05) is 38.3 Å². The first kappa shape index (κ1) is 15.7. The van der Waals surface area contributed by atoms with Gasteiger partial charge >= 0.3 is 0 Å². The molecule has 0 aliphatic carbocycles. The van der Waals surface area contributed by atoms with Crippen molar-refractivity contribution in [1.29, 1.82) is 0 Å². The van der Waals surface area contributed by atoms with Crippen LogP contribution in [-0.4, -0.2) is 30.6 Å². The van der Waals surface area contributed by atoms with Gasteiger partial charge in [-0.25, -0.2) is 18.1 Å². The zero-order valence-electron chi connectivity index (χ0n) is 13.6. The maximum absolute atomic E-state index is 12.6. The lowest BCUT2D eigenvalue weighted by atomic mass is 9.98. The van der Waals surface area contributed by atoms with Crippen molar-refractivity contribution in [3.8, 4) is 5.75 Å². The van der Waals surface area contributed by atoms with E-state index < -0.39 is 10.0 Å². The van der Waals surface area contributed by atoms with E-state index >= 15 is 0 Å². The molecular formula is C17H21N3O3S. The van der Waals surface area contributed by atoms with E-state index in [1.807, 2.05) is 13.1 Å². The zero-order chi connectivity index (χ0) is 16.7. The molecule has 0 radical (unpaired) electrons. The minimum Gasteiger partial charge on any atom is -0.490 e. The highest BCUT2D eigenvalue weighted by Crippen LogP contribution is 2.30. The first-order valence-corrected chi connectivity index (χ1v) is 9.79. The number of fused-ring (bicyclic) bond motifs is 2. The Morgan fingerprint density at radius 2 is 2.25 bits per heavy atom. The molecule has 0 bridgehead atoms. The van der Waals surface area contributed by atoms with Gasteiger partial charge in [-0.05, 0) is 43.0 Å². The number of hydrogen-bond donors (Lipinski definition) is 1. The molecule has 4 rings (SSSR count). The summed E-state index contributed by atoms with van der Waals surface area (Å²) in [5.74, 6) is 2.11. The van der Waals surface area contributed by atoms with Crippen molar-refractivity contribution in [2.45, 2.75) is 43.7 Å². The molecule has 0 saturated heterocycles. The molecule has 2 aromatic rings. The van der Waals surface area contributed by atoms with E-state index in [0.717, 1.165) is 42.9 Å². The largest absolute Gasteiger partial charge is 0.490 e. The number of nitrogens with one attached hydrogen (secondary N) is 1. The van der Waals surface area contributed by atoms with Crippen molar-refractivity contribution in [1.82, 2.24) is 14.3 Å². The van der Waals surface area contributed by atoms with Gasteiger partial charge in [-0.2, -0.15) is 0 Å². The lowest BCUT2D eigenvalue weighted by molar-refractivity contribution is 0.254. The second-order valence-corrected chi connectivity index (χ2v) is 8.42. The van der Waals surface area contributed by atoms with E-state index in [1.165, 1.54) is 0 Å². The molecule has 0 spiro atoms. The number of imidazole rings is 1. The van der Waals surface area contributed by atoms with Crippen LogP contribution in [0.3, 0.4) is 0 Å². The fourth-order valence-corrected chi connectivity index (χ4v) is 4.63. The lowest BCUT2D eigenvalue weighted by Crippen LogP contribution is -2.33. The van der Waals surface area contributed by atoms with E-state index in [1.54, 1.807) is 24.4 Å². The van der Waals surface area contributed by atoms with Crippen molar-refractivity contribution in [2.75, 3.05) is 6.54 Å². The van der Waals surface area contributed by atoms with E-state index in [2.05, 4.69) is 14.3 Å². The highest BCUT2D eigenvalue weighted by molar-refractivity contribution is 7.89. The van der Waals surface area contributed by atoms with Gasteiger partial charge in [0.15, 0.2) is 0 Å². The Hall–Kier alpha value is -1.86. The molecular weight excluding hydrogens is 326 g/mol. The van der Waals surface area contributed by atoms with Crippen LogP contribution in [0.2, 0.25) is 0 Å². The van der Waals surface area contributed by atoms with Crippen molar-refractivity contribution < 1.29 is 13.2 Å². The van der Waals surface area contributed by atoms with Gasteiger partial charge in [0.1, 0.15) is 17.7 Å². The number of benzene rings is 1. The minimum atomic E-state index is -3.50. The van der Waals surface area contributed by atoms with Crippen molar-refractivity contribution >= 4 is 10.0 Å².